The minimum atomic E-state index is -3.38. The van der Waals surface area contributed by atoms with Crippen molar-refractivity contribution in [3.05, 3.63) is 17.0 Å². The predicted molar refractivity (Wildman–Crippen MR) is 78.2 cm³/mol. The summed E-state index contributed by atoms with van der Waals surface area (Å²) >= 11 is 1.32. The van der Waals surface area contributed by atoms with E-state index in [0.717, 1.165) is 30.8 Å². The summed E-state index contributed by atoms with van der Waals surface area (Å²) < 4.78 is 31.5. The maximum atomic E-state index is 11.9. The molecular weight excluding hydrogens is 284 g/mol. The number of hydrogen-bond donors (Lipinski definition) is 2. The highest BCUT2D eigenvalue weighted by molar-refractivity contribution is 7.91. The molecule has 1 aromatic rings. The summed E-state index contributed by atoms with van der Waals surface area (Å²) in [6, 6.07) is 3.54. The van der Waals surface area contributed by atoms with E-state index in [2.05, 4.69) is 17.0 Å². The van der Waals surface area contributed by atoms with Crippen molar-refractivity contribution in [1.29, 1.82) is 0 Å². The Kier molecular flexibility index (Phi) is 7.55. The molecule has 0 bridgehead atoms. The third-order valence-electron chi connectivity index (χ3n) is 2.48. The van der Waals surface area contributed by atoms with Gasteiger partial charge in [0, 0.05) is 18.5 Å². The van der Waals surface area contributed by atoms with Gasteiger partial charge in [0.15, 0.2) is 0 Å². The second-order valence-corrected chi connectivity index (χ2v) is 7.27. The van der Waals surface area contributed by atoms with Gasteiger partial charge in [0.25, 0.3) is 0 Å². The Morgan fingerprint density at radius 1 is 1.26 bits per heavy atom. The third kappa shape index (κ3) is 6.01. The lowest BCUT2D eigenvalue weighted by Crippen LogP contribution is -2.26. The first-order valence-corrected chi connectivity index (χ1v) is 8.68. The summed E-state index contributed by atoms with van der Waals surface area (Å²) in [6.45, 7) is 4.66. The molecular formula is C12H22N2O3S2. The van der Waals surface area contributed by atoms with Crippen LogP contribution in [0.1, 0.15) is 18.2 Å². The molecule has 0 aliphatic heterocycles. The minimum absolute atomic E-state index is 0.296. The third-order valence-corrected chi connectivity index (χ3v) is 5.57. The first kappa shape index (κ1) is 16.6. The molecule has 0 aliphatic rings. The summed E-state index contributed by atoms with van der Waals surface area (Å²) in [7, 11) is -1.84. The van der Waals surface area contributed by atoms with Crippen LogP contribution in [0.25, 0.3) is 0 Å². The molecule has 1 rings (SSSR count). The van der Waals surface area contributed by atoms with Gasteiger partial charge in [0.2, 0.25) is 10.0 Å². The van der Waals surface area contributed by atoms with Gasteiger partial charge >= 0.3 is 0 Å². The van der Waals surface area contributed by atoms with Crippen molar-refractivity contribution in [2.24, 2.45) is 0 Å². The van der Waals surface area contributed by atoms with Crippen LogP contribution in [0.5, 0.6) is 0 Å². The summed E-state index contributed by atoms with van der Waals surface area (Å²) in [5.41, 5.74) is 0. The van der Waals surface area contributed by atoms with E-state index in [-0.39, 0.29) is 0 Å². The quantitative estimate of drug-likeness (QED) is 0.638. The van der Waals surface area contributed by atoms with Gasteiger partial charge in [-0.05, 0) is 38.1 Å². The second kappa shape index (κ2) is 8.65. The number of rotatable bonds is 10. The van der Waals surface area contributed by atoms with Gasteiger partial charge in [-0.25, -0.2) is 13.1 Å². The van der Waals surface area contributed by atoms with Crippen molar-refractivity contribution in [1.82, 2.24) is 10.0 Å². The molecule has 0 amide bonds. The predicted octanol–water partition coefficient (Wildman–Crippen LogP) is 1.21. The van der Waals surface area contributed by atoms with Gasteiger partial charge in [-0.2, -0.15) is 0 Å². The van der Waals surface area contributed by atoms with Crippen LogP contribution in [0.15, 0.2) is 16.3 Å². The van der Waals surface area contributed by atoms with Crippen LogP contribution in [-0.4, -0.2) is 41.8 Å². The molecule has 0 aliphatic carbocycles. The zero-order valence-electron chi connectivity index (χ0n) is 11.4. The van der Waals surface area contributed by atoms with Gasteiger partial charge < -0.3 is 10.1 Å². The Hall–Kier alpha value is -0.470. The highest BCUT2D eigenvalue weighted by Gasteiger charge is 2.15. The highest BCUT2D eigenvalue weighted by atomic mass is 32.2. The van der Waals surface area contributed by atoms with Crippen molar-refractivity contribution >= 4 is 21.4 Å². The Labute approximate surface area is 119 Å². The van der Waals surface area contributed by atoms with E-state index >= 15 is 0 Å². The molecule has 110 valence electrons. The zero-order chi connectivity index (χ0) is 14.1. The fourth-order valence-corrected chi connectivity index (χ4v) is 3.91. The topological polar surface area (TPSA) is 67.4 Å². The smallest absolute Gasteiger partial charge is 0.250 e. The van der Waals surface area contributed by atoms with Gasteiger partial charge in [-0.1, -0.05) is 6.92 Å². The SMILES string of the molecule is CCCNCCc1ccc(S(=O)(=O)NCCOC)s1. The van der Waals surface area contributed by atoms with E-state index in [0.29, 0.717) is 17.4 Å². The Morgan fingerprint density at radius 3 is 2.74 bits per heavy atom. The molecule has 0 spiro atoms. The zero-order valence-corrected chi connectivity index (χ0v) is 13.1. The number of thiophene rings is 1. The largest absolute Gasteiger partial charge is 0.383 e. The van der Waals surface area contributed by atoms with Crippen molar-refractivity contribution in [3.8, 4) is 0 Å². The molecule has 2 N–H and O–H groups in total. The van der Waals surface area contributed by atoms with Gasteiger partial charge in [-0.15, -0.1) is 11.3 Å². The van der Waals surface area contributed by atoms with Crippen LogP contribution < -0.4 is 10.0 Å². The normalized spacial score (nSPS) is 11.9. The number of ether oxygens (including phenoxy) is 1. The van der Waals surface area contributed by atoms with E-state index < -0.39 is 10.0 Å². The van der Waals surface area contributed by atoms with Crippen molar-refractivity contribution in [3.63, 3.8) is 0 Å². The number of hydrogen-bond acceptors (Lipinski definition) is 5. The lowest BCUT2D eigenvalue weighted by Gasteiger charge is -2.03. The molecule has 19 heavy (non-hydrogen) atoms. The number of nitrogens with one attached hydrogen (secondary N) is 2. The molecule has 0 aromatic carbocycles. The molecule has 0 radical (unpaired) electrons. The molecule has 1 heterocycles. The highest BCUT2D eigenvalue weighted by Crippen LogP contribution is 2.21. The first-order valence-electron chi connectivity index (χ1n) is 6.38. The van der Waals surface area contributed by atoms with Crippen LogP contribution in [0.2, 0.25) is 0 Å². The molecule has 1 aromatic heterocycles. The van der Waals surface area contributed by atoms with E-state index in [1.165, 1.54) is 11.3 Å². The maximum absolute atomic E-state index is 11.9. The van der Waals surface area contributed by atoms with Crippen LogP contribution in [0.3, 0.4) is 0 Å². The summed E-state index contributed by atoms with van der Waals surface area (Å²) in [6.07, 6.45) is 1.96. The standard InChI is InChI=1S/C12H22N2O3S2/c1-3-7-13-8-6-11-4-5-12(18-11)19(15,16)14-9-10-17-2/h4-5,13-14H,3,6-10H2,1-2H3. The lowest BCUT2D eigenvalue weighted by molar-refractivity contribution is 0.204. The fourth-order valence-electron chi connectivity index (χ4n) is 1.50. The molecule has 0 saturated heterocycles. The summed E-state index contributed by atoms with van der Waals surface area (Å²) in [5.74, 6) is 0. The molecule has 7 heteroatoms. The van der Waals surface area contributed by atoms with Crippen molar-refractivity contribution in [2.75, 3.05) is 33.4 Å². The van der Waals surface area contributed by atoms with Crippen LogP contribution >= 0.6 is 11.3 Å². The molecule has 0 saturated carbocycles. The van der Waals surface area contributed by atoms with Gasteiger partial charge in [0.05, 0.1) is 6.61 Å². The molecule has 0 fully saturated rings. The van der Waals surface area contributed by atoms with Crippen LogP contribution in [-0.2, 0) is 21.2 Å². The number of sulfonamides is 1. The minimum Gasteiger partial charge on any atom is -0.383 e. The van der Waals surface area contributed by atoms with E-state index in [1.807, 2.05) is 6.07 Å². The van der Waals surface area contributed by atoms with E-state index in [9.17, 15) is 8.42 Å². The lowest BCUT2D eigenvalue weighted by atomic mass is 10.3. The molecule has 0 unspecified atom stereocenters. The van der Waals surface area contributed by atoms with E-state index in [1.54, 1.807) is 13.2 Å². The average Bonchev–Trinajstić information content (AvgIpc) is 2.84. The van der Waals surface area contributed by atoms with Gasteiger partial charge in [0.1, 0.15) is 4.21 Å². The second-order valence-electron chi connectivity index (χ2n) is 4.11. The van der Waals surface area contributed by atoms with Crippen LogP contribution in [0.4, 0.5) is 0 Å². The molecule has 0 atom stereocenters. The Balaban J connectivity index is 2.48. The van der Waals surface area contributed by atoms with Crippen molar-refractivity contribution in [2.45, 2.75) is 24.0 Å². The van der Waals surface area contributed by atoms with E-state index in [4.69, 9.17) is 4.74 Å². The Morgan fingerprint density at radius 2 is 2.05 bits per heavy atom. The van der Waals surface area contributed by atoms with Gasteiger partial charge in [-0.3, -0.25) is 0 Å². The number of methoxy groups -OCH3 is 1. The Bertz CT molecular complexity index is 457. The summed E-state index contributed by atoms with van der Waals surface area (Å²) in [5, 5.41) is 3.30. The summed E-state index contributed by atoms with van der Waals surface area (Å²) in [4.78, 5) is 1.08. The van der Waals surface area contributed by atoms with Crippen molar-refractivity contribution < 1.29 is 13.2 Å². The monoisotopic (exact) mass is 306 g/mol. The molecule has 5 nitrogen and oxygen atoms in total. The fraction of sp³-hybridized carbons (Fsp3) is 0.667. The van der Waals surface area contributed by atoms with Crippen LogP contribution in [0, 0.1) is 0 Å². The first-order chi connectivity index (χ1) is 9.10. The maximum Gasteiger partial charge on any atom is 0.250 e. The average molecular weight is 306 g/mol.